The van der Waals surface area contributed by atoms with Crippen molar-refractivity contribution in [1.29, 1.82) is 5.26 Å². The number of carbonyl (C=O) groups is 1. The summed E-state index contributed by atoms with van der Waals surface area (Å²) in [5, 5.41) is 17.8. The number of rotatable bonds is 10. The molecule has 0 saturated carbocycles. The van der Waals surface area contributed by atoms with Crippen molar-refractivity contribution in [2.45, 2.75) is 51.8 Å². The summed E-state index contributed by atoms with van der Waals surface area (Å²) in [5.74, 6) is -0.147. The molecule has 0 spiro atoms. The summed E-state index contributed by atoms with van der Waals surface area (Å²) >= 11 is 0. The lowest BCUT2D eigenvalue weighted by molar-refractivity contribution is -0.114. The average Bonchev–Trinajstić information content (AvgIpc) is 3.47. The summed E-state index contributed by atoms with van der Waals surface area (Å²) < 4.78 is 9.68. The van der Waals surface area contributed by atoms with Crippen molar-refractivity contribution in [3.05, 3.63) is 60.8 Å². The molecule has 0 aliphatic carbocycles. The number of anilines is 1. The van der Waals surface area contributed by atoms with Gasteiger partial charge in [0, 0.05) is 50.6 Å². The van der Waals surface area contributed by atoms with Crippen LogP contribution in [0.1, 0.15) is 24.9 Å². The summed E-state index contributed by atoms with van der Waals surface area (Å²) in [4.78, 5) is 20.5. The number of nitrogens with zero attached hydrogens (tertiary/aromatic N) is 6. The lowest BCUT2D eigenvalue weighted by Gasteiger charge is -2.16. The topological polar surface area (TPSA) is 111 Å². The van der Waals surface area contributed by atoms with Gasteiger partial charge in [-0.2, -0.15) is 10.4 Å². The van der Waals surface area contributed by atoms with Crippen molar-refractivity contribution < 1.29 is 9.53 Å². The molecule has 36 heavy (non-hydrogen) atoms. The van der Waals surface area contributed by atoms with E-state index in [-0.39, 0.29) is 18.4 Å². The molecule has 1 N–H and O–H groups in total. The minimum absolute atomic E-state index is 0.147. The van der Waals surface area contributed by atoms with Crippen LogP contribution in [0, 0.1) is 11.3 Å². The van der Waals surface area contributed by atoms with Crippen molar-refractivity contribution in [1.82, 2.24) is 24.3 Å². The highest BCUT2D eigenvalue weighted by Gasteiger charge is 2.18. The van der Waals surface area contributed by atoms with E-state index < -0.39 is 8.07 Å². The van der Waals surface area contributed by atoms with Gasteiger partial charge in [-0.3, -0.25) is 9.48 Å². The van der Waals surface area contributed by atoms with Gasteiger partial charge in [0.05, 0.1) is 30.4 Å². The summed E-state index contributed by atoms with van der Waals surface area (Å²) in [6.07, 6.45) is 7.41. The van der Waals surface area contributed by atoms with Crippen LogP contribution in [-0.2, 0) is 16.3 Å². The predicted molar refractivity (Wildman–Crippen MR) is 142 cm³/mol. The summed E-state index contributed by atoms with van der Waals surface area (Å²) in [5.41, 5.74) is 3.97. The number of nitrogens with one attached hydrogen (secondary N) is 1. The maximum atomic E-state index is 11.5. The maximum Gasteiger partial charge on any atom is 0.221 e. The normalized spacial score (nSPS) is 12.4. The monoisotopic (exact) mass is 501 g/mol. The van der Waals surface area contributed by atoms with Gasteiger partial charge in [0.2, 0.25) is 5.91 Å². The first-order valence-electron chi connectivity index (χ1n) is 11.9. The van der Waals surface area contributed by atoms with Gasteiger partial charge in [0.1, 0.15) is 18.7 Å². The number of hydrogen-bond donors (Lipinski definition) is 1. The molecule has 1 amide bonds. The summed E-state index contributed by atoms with van der Waals surface area (Å²) in [6.45, 7) is 9.66. The fraction of sp³-hybridized carbons (Fsp3) is 0.346. The van der Waals surface area contributed by atoms with Gasteiger partial charge in [0.15, 0.2) is 0 Å². The minimum atomic E-state index is -1.14. The summed E-state index contributed by atoms with van der Waals surface area (Å²) in [7, 11) is -1.14. The number of carbonyl (C=O) groups excluding carboxylic acids is 1. The van der Waals surface area contributed by atoms with Gasteiger partial charge in [-0.15, -0.1) is 0 Å². The Kier molecular flexibility index (Phi) is 7.62. The standard InChI is InChI=1S/C26H31N7O2Si/c1-19(34)31-22-7-5-6-20(14-22)24(8-10-27)33-16-21(15-30-33)25-23-9-11-32(26(23)29-17-28-25)18-35-12-13-36(2,3)4/h5-7,9,11,14-17,24H,8,12-13,18H2,1-4H3,(H,31,34). The van der Waals surface area contributed by atoms with Crippen LogP contribution >= 0.6 is 0 Å². The molecule has 0 saturated heterocycles. The molecule has 0 radical (unpaired) electrons. The van der Waals surface area contributed by atoms with E-state index >= 15 is 0 Å². The van der Waals surface area contributed by atoms with Crippen LogP contribution in [-0.4, -0.2) is 44.9 Å². The van der Waals surface area contributed by atoms with Crippen LogP contribution in [0.15, 0.2) is 55.2 Å². The van der Waals surface area contributed by atoms with Crippen LogP contribution in [0.5, 0.6) is 0 Å². The second-order valence-corrected chi connectivity index (χ2v) is 15.6. The van der Waals surface area contributed by atoms with Crippen molar-refractivity contribution >= 4 is 30.7 Å². The van der Waals surface area contributed by atoms with E-state index in [0.717, 1.165) is 40.5 Å². The van der Waals surface area contributed by atoms with Gasteiger partial charge < -0.3 is 14.6 Å². The number of nitriles is 1. The predicted octanol–water partition coefficient (Wildman–Crippen LogP) is 5.07. The lowest BCUT2D eigenvalue weighted by atomic mass is 10.0. The number of hydrogen-bond acceptors (Lipinski definition) is 6. The Morgan fingerprint density at radius 3 is 2.83 bits per heavy atom. The van der Waals surface area contributed by atoms with Crippen LogP contribution < -0.4 is 5.32 Å². The van der Waals surface area contributed by atoms with Gasteiger partial charge in [-0.25, -0.2) is 9.97 Å². The van der Waals surface area contributed by atoms with Gasteiger partial charge >= 0.3 is 0 Å². The van der Waals surface area contributed by atoms with Crippen molar-refractivity contribution in [2.24, 2.45) is 0 Å². The zero-order chi connectivity index (χ0) is 25.7. The molecule has 3 aromatic heterocycles. The molecule has 1 aromatic carbocycles. The van der Waals surface area contributed by atoms with Crippen LogP contribution in [0.4, 0.5) is 5.69 Å². The molecule has 0 aliphatic heterocycles. The third kappa shape index (κ3) is 6.05. The first kappa shape index (κ1) is 25.3. The van der Waals surface area contributed by atoms with E-state index in [2.05, 4.69) is 46.1 Å². The first-order valence-corrected chi connectivity index (χ1v) is 15.6. The van der Waals surface area contributed by atoms with Crippen molar-refractivity contribution in [3.8, 4) is 17.3 Å². The fourth-order valence-corrected chi connectivity index (χ4v) is 4.74. The van der Waals surface area contributed by atoms with Gasteiger partial charge in [-0.05, 0) is 29.8 Å². The Morgan fingerprint density at radius 1 is 1.25 bits per heavy atom. The Labute approximate surface area is 211 Å². The van der Waals surface area contributed by atoms with Gasteiger partial charge in [-0.1, -0.05) is 31.8 Å². The zero-order valence-corrected chi connectivity index (χ0v) is 22.1. The van der Waals surface area contributed by atoms with E-state index in [9.17, 15) is 10.1 Å². The van der Waals surface area contributed by atoms with Crippen LogP contribution in [0.25, 0.3) is 22.3 Å². The third-order valence-corrected chi connectivity index (χ3v) is 7.56. The Morgan fingerprint density at radius 2 is 2.08 bits per heavy atom. The highest BCUT2D eigenvalue weighted by molar-refractivity contribution is 6.76. The molecule has 1 atom stereocenters. The second-order valence-electron chi connectivity index (χ2n) is 9.99. The second kappa shape index (κ2) is 10.8. The number of ether oxygens (including phenoxy) is 1. The largest absolute Gasteiger partial charge is 0.361 e. The minimum Gasteiger partial charge on any atom is -0.361 e. The number of benzene rings is 1. The molecule has 1 unspecified atom stereocenters. The SMILES string of the molecule is CC(=O)Nc1cccc(C(CC#N)n2cc(-c3ncnc4c3ccn4COCC[Si](C)(C)C)cn2)c1. The third-order valence-electron chi connectivity index (χ3n) is 5.85. The van der Waals surface area contributed by atoms with E-state index in [0.29, 0.717) is 12.4 Å². The molecule has 0 fully saturated rings. The van der Waals surface area contributed by atoms with E-state index in [1.54, 1.807) is 17.2 Å². The highest BCUT2D eigenvalue weighted by Crippen LogP contribution is 2.29. The molecule has 10 heteroatoms. The van der Waals surface area contributed by atoms with Gasteiger partial charge in [0.25, 0.3) is 0 Å². The summed E-state index contributed by atoms with van der Waals surface area (Å²) in [6, 6.07) is 12.5. The molecule has 4 aromatic rings. The van der Waals surface area contributed by atoms with Crippen molar-refractivity contribution in [2.75, 3.05) is 11.9 Å². The van der Waals surface area contributed by atoms with Crippen LogP contribution in [0.2, 0.25) is 25.7 Å². The van der Waals surface area contributed by atoms with E-state index in [1.165, 1.54) is 6.92 Å². The fourth-order valence-electron chi connectivity index (χ4n) is 3.99. The molecule has 4 rings (SSSR count). The average molecular weight is 502 g/mol. The zero-order valence-electron chi connectivity index (χ0n) is 21.1. The molecular formula is C26H31N7O2Si. The van der Waals surface area contributed by atoms with E-state index in [4.69, 9.17) is 4.74 Å². The Bertz CT molecular complexity index is 1400. The van der Waals surface area contributed by atoms with E-state index in [1.807, 2.05) is 47.3 Å². The van der Waals surface area contributed by atoms with Crippen molar-refractivity contribution in [3.63, 3.8) is 0 Å². The molecule has 9 nitrogen and oxygen atoms in total. The van der Waals surface area contributed by atoms with Crippen LogP contribution in [0.3, 0.4) is 0 Å². The maximum absolute atomic E-state index is 11.5. The Balaban J connectivity index is 1.58. The quantitative estimate of drug-likeness (QED) is 0.240. The smallest absolute Gasteiger partial charge is 0.221 e. The molecule has 186 valence electrons. The molecular weight excluding hydrogens is 470 g/mol. The molecule has 3 heterocycles. The number of aromatic nitrogens is 5. The number of amides is 1. The highest BCUT2D eigenvalue weighted by atomic mass is 28.3. The lowest BCUT2D eigenvalue weighted by Crippen LogP contribution is -2.22. The number of fused-ring (bicyclic) bond motifs is 1. The Hall–Kier alpha value is -3.81. The molecule has 0 aliphatic rings. The first-order chi connectivity index (χ1) is 17.2. The molecule has 0 bridgehead atoms.